The number of ether oxygens (including phenoxy) is 2. The first kappa shape index (κ1) is 19.8. The number of hydrogen-bond acceptors (Lipinski definition) is 4. The number of halogens is 2. The van der Waals surface area contributed by atoms with E-state index >= 15 is 0 Å². The number of amides is 1. The zero-order valence-corrected chi connectivity index (χ0v) is 16.4. The van der Waals surface area contributed by atoms with E-state index in [1.165, 1.54) is 0 Å². The molecular formula is C20H22Cl2N2O3. The predicted octanol–water partition coefficient (Wildman–Crippen LogP) is 3.71. The molecule has 144 valence electrons. The van der Waals surface area contributed by atoms with Gasteiger partial charge < -0.3 is 19.7 Å². The maximum Gasteiger partial charge on any atom is 0.254 e. The average Bonchev–Trinajstić information content (AvgIpc) is 2.92. The van der Waals surface area contributed by atoms with E-state index in [0.29, 0.717) is 48.4 Å². The van der Waals surface area contributed by atoms with Gasteiger partial charge in [-0.3, -0.25) is 4.79 Å². The van der Waals surface area contributed by atoms with Gasteiger partial charge in [0.15, 0.2) is 11.5 Å². The van der Waals surface area contributed by atoms with Crippen molar-refractivity contribution in [3.8, 4) is 11.5 Å². The van der Waals surface area contributed by atoms with Crippen LogP contribution in [0.4, 0.5) is 0 Å². The van der Waals surface area contributed by atoms with E-state index in [9.17, 15) is 4.79 Å². The first-order valence-electron chi connectivity index (χ1n) is 8.90. The largest absolute Gasteiger partial charge is 0.490 e. The van der Waals surface area contributed by atoms with Crippen molar-refractivity contribution in [3.05, 3.63) is 58.6 Å². The van der Waals surface area contributed by atoms with Crippen LogP contribution in [0.2, 0.25) is 5.02 Å². The van der Waals surface area contributed by atoms with Crippen molar-refractivity contribution in [2.45, 2.75) is 12.5 Å². The third-order valence-corrected chi connectivity index (χ3v) is 5.11. The summed E-state index contributed by atoms with van der Waals surface area (Å²) in [5.74, 6) is 1.31. The Hall–Kier alpha value is -1.95. The summed E-state index contributed by atoms with van der Waals surface area (Å²) in [7, 11) is 0. The van der Waals surface area contributed by atoms with E-state index in [4.69, 9.17) is 21.1 Å². The molecule has 27 heavy (non-hydrogen) atoms. The molecule has 4 rings (SSSR count). The van der Waals surface area contributed by atoms with E-state index in [0.717, 1.165) is 18.5 Å². The fourth-order valence-corrected chi connectivity index (χ4v) is 3.69. The van der Waals surface area contributed by atoms with E-state index in [1.807, 2.05) is 41.3 Å². The third kappa shape index (κ3) is 4.15. The van der Waals surface area contributed by atoms with E-state index in [2.05, 4.69) is 5.32 Å². The Morgan fingerprint density at radius 2 is 1.89 bits per heavy atom. The molecule has 5 nitrogen and oxygen atoms in total. The molecule has 0 aromatic heterocycles. The monoisotopic (exact) mass is 408 g/mol. The Morgan fingerprint density at radius 3 is 2.70 bits per heavy atom. The minimum Gasteiger partial charge on any atom is -0.490 e. The van der Waals surface area contributed by atoms with Gasteiger partial charge in [0.1, 0.15) is 0 Å². The molecule has 2 aromatic carbocycles. The second-order valence-corrected chi connectivity index (χ2v) is 6.86. The number of piperazine rings is 1. The van der Waals surface area contributed by atoms with E-state index in [1.54, 1.807) is 6.07 Å². The average molecular weight is 409 g/mol. The summed E-state index contributed by atoms with van der Waals surface area (Å²) < 4.78 is 11.4. The second-order valence-electron chi connectivity index (χ2n) is 6.45. The van der Waals surface area contributed by atoms with Gasteiger partial charge in [-0.05, 0) is 29.8 Å². The molecule has 2 aliphatic rings. The fraction of sp³-hybridized carbons (Fsp3) is 0.350. The number of carbonyl (C=O) groups is 1. The van der Waals surface area contributed by atoms with Crippen molar-refractivity contribution < 1.29 is 14.3 Å². The Kier molecular flexibility index (Phi) is 6.47. The van der Waals surface area contributed by atoms with Gasteiger partial charge in [-0.15, -0.1) is 12.4 Å². The number of fused-ring (bicyclic) bond motifs is 1. The Balaban J connectivity index is 0.00000210. The van der Waals surface area contributed by atoms with Crippen LogP contribution in [-0.4, -0.2) is 43.7 Å². The van der Waals surface area contributed by atoms with Crippen molar-refractivity contribution in [2.24, 2.45) is 0 Å². The lowest BCUT2D eigenvalue weighted by molar-refractivity contribution is 0.0634. The van der Waals surface area contributed by atoms with Crippen LogP contribution >= 0.6 is 24.0 Å². The Morgan fingerprint density at radius 1 is 1.11 bits per heavy atom. The number of nitrogens with one attached hydrogen (secondary N) is 1. The maximum atomic E-state index is 13.2. The van der Waals surface area contributed by atoms with Crippen LogP contribution in [0.1, 0.15) is 28.4 Å². The van der Waals surface area contributed by atoms with Crippen molar-refractivity contribution in [3.63, 3.8) is 0 Å². The summed E-state index contributed by atoms with van der Waals surface area (Å²) in [5.41, 5.74) is 1.57. The fourth-order valence-electron chi connectivity index (χ4n) is 3.43. The molecule has 1 atom stereocenters. The highest BCUT2D eigenvalue weighted by molar-refractivity contribution is 6.31. The van der Waals surface area contributed by atoms with Crippen molar-refractivity contribution in [1.29, 1.82) is 0 Å². The standard InChI is InChI=1S/C20H21ClN2O3.ClH/c21-16-5-2-1-4-15(16)17-13-22-8-9-23(17)20(24)14-6-7-18-19(12-14)26-11-3-10-25-18;/h1-2,4-7,12,17,22H,3,8-11,13H2;1H. The quantitative estimate of drug-likeness (QED) is 0.822. The molecule has 1 N–H and O–H groups in total. The van der Waals surface area contributed by atoms with Crippen molar-refractivity contribution >= 4 is 29.9 Å². The zero-order valence-electron chi connectivity index (χ0n) is 14.8. The summed E-state index contributed by atoms with van der Waals surface area (Å²) in [5, 5.41) is 4.04. The van der Waals surface area contributed by atoms with E-state index in [-0.39, 0.29) is 24.4 Å². The van der Waals surface area contributed by atoms with Crippen molar-refractivity contribution in [1.82, 2.24) is 10.2 Å². The molecular weight excluding hydrogens is 387 g/mol. The van der Waals surface area contributed by atoms with Crippen LogP contribution in [0, 0.1) is 0 Å². The predicted molar refractivity (Wildman–Crippen MR) is 107 cm³/mol. The minimum atomic E-state index is -0.0964. The van der Waals surface area contributed by atoms with Crippen LogP contribution in [0.25, 0.3) is 0 Å². The number of nitrogens with zero attached hydrogens (tertiary/aromatic N) is 1. The van der Waals surface area contributed by atoms with Gasteiger partial charge >= 0.3 is 0 Å². The first-order valence-corrected chi connectivity index (χ1v) is 9.27. The molecule has 0 spiro atoms. The molecule has 2 heterocycles. The molecule has 0 radical (unpaired) electrons. The van der Waals surface area contributed by atoms with Crippen LogP contribution < -0.4 is 14.8 Å². The smallest absolute Gasteiger partial charge is 0.254 e. The molecule has 2 aliphatic heterocycles. The second kappa shape index (κ2) is 8.83. The Labute approximate surface area is 170 Å². The molecule has 1 fully saturated rings. The highest BCUT2D eigenvalue weighted by Crippen LogP contribution is 2.33. The number of hydrogen-bond donors (Lipinski definition) is 1. The van der Waals surface area contributed by atoms with Gasteiger partial charge in [0.25, 0.3) is 5.91 Å². The SMILES string of the molecule is Cl.O=C(c1ccc2c(c1)OCCCO2)N1CCNCC1c1ccccc1Cl. The molecule has 1 saturated heterocycles. The molecule has 7 heteroatoms. The van der Waals surface area contributed by atoms with Gasteiger partial charge in [-0.1, -0.05) is 29.8 Å². The van der Waals surface area contributed by atoms with Gasteiger partial charge in [-0.25, -0.2) is 0 Å². The summed E-state index contributed by atoms with van der Waals surface area (Å²) in [6.07, 6.45) is 0.838. The lowest BCUT2D eigenvalue weighted by Gasteiger charge is -2.37. The van der Waals surface area contributed by atoms with Gasteiger partial charge in [0.05, 0.1) is 19.3 Å². The summed E-state index contributed by atoms with van der Waals surface area (Å²) in [6, 6.07) is 13.0. The van der Waals surface area contributed by atoms with Crippen LogP contribution in [0.3, 0.4) is 0 Å². The molecule has 0 bridgehead atoms. The Bertz CT molecular complexity index is 816. The third-order valence-electron chi connectivity index (χ3n) is 4.76. The maximum absolute atomic E-state index is 13.2. The topological polar surface area (TPSA) is 50.8 Å². The van der Waals surface area contributed by atoms with Crippen molar-refractivity contribution in [2.75, 3.05) is 32.8 Å². The highest BCUT2D eigenvalue weighted by atomic mass is 35.5. The van der Waals surface area contributed by atoms with E-state index < -0.39 is 0 Å². The minimum absolute atomic E-state index is 0. The summed E-state index contributed by atoms with van der Waals surface area (Å²) in [6.45, 7) is 3.30. The molecule has 1 amide bonds. The molecule has 2 aromatic rings. The number of benzene rings is 2. The lowest BCUT2D eigenvalue weighted by Crippen LogP contribution is -2.48. The summed E-state index contributed by atoms with van der Waals surface area (Å²) >= 11 is 6.38. The molecule has 1 unspecified atom stereocenters. The first-order chi connectivity index (χ1) is 12.7. The molecule has 0 aliphatic carbocycles. The van der Waals surface area contributed by atoms with Gasteiger partial charge in [-0.2, -0.15) is 0 Å². The van der Waals surface area contributed by atoms with Crippen LogP contribution in [0.5, 0.6) is 11.5 Å². The summed E-state index contributed by atoms with van der Waals surface area (Å²) in [4.78, 5) is 15.1. The number of carbonyl (C=O) groups excluding carboxylic acids is 1. The zero-order chi connectivity index (χ0) is 17.9. The van der Waals surface area contributed by atoms with Gasteiger partial charge in [0.2, 0.25) is 0 Å². The number of rotatable bonds is 2. The molecule has 0 saturated carbocycles. The normalized spacial score (nSPS) is 19.0. The van der Waals surface area contributed by atoms with Crippen LogP contribution in [0.15, 0.2) is 42.5 Å². The van der Waals surface area contributed by atoms with Crippen LogP contribution in [-0.2, 0) is 0 Å². The van der Waals surface area contributed by atoms with Gasteiger partial charge in [0, 0.05) is 36.6 Å². The lowest BCUT2D eigenvalue weighted by atomic mass is 10.0. The highest BCUT2D eigenvalue weighted by Gasteiger charge is 2.30.